The van der Waals surface area contributed by atoms with Crippen LogP contribution in [0.4, 0.5) is 13.2 Å². The molecule has 1 aromatic heterocycles. The summed E-state index contributed by atoms with van der Waals surface area (Å²) in [5, 5.41) is 28.5. The van der Waals surface area contributed by atoms with Crippen molar-refractivity contribution in [2.24, 2.45) is 11.8 Å². The first-order chi connectivity index (χ1) is 13.6. The minimum absolute atomic E-state index is 0.285. The fourth-order valence-electron chi connectivity index (χ4n) is 3.69. The van der Waals surface area contributed by atoms with Gasteiger partial charge in [0.2, 0.25) is 5.78 Å². The molecule has 0 spiro atoms. The number of carbonyl (C=O) groups excluding carboxylic acids is 2. The zero-order chi connectivity index (χ0) is 21.3. The third kappa shape index (κ3) is 4.34. The summed E-state index contributed by atoms with van der Waals surface area (Å²) >= 11 is 0. The minimum Gasteiger partial charge on any atom is -0.511 e. The smallest absolute Gasteiger partial charge is 0.433 e. The third-order valence-electron chi connectivity index (χ3n) is 5.19. The summed E-state index contributed by atoms with van der Waals surface area (Å²) < 4.78 is 44.2. The predicted octanol–water partition coefficient (Wildman–Crippen LogP) is 1.96. The SMILES string of the molecule is O=C(C1=C(O)C2CCC(C2)C1=O)c1ccc(C(F)(F)F)nc1COCC(O)CO. The number of alkyl halides is 3. The third-order valence-corrected chi connectivity index (χ3v) is 5.19. The van der Waals surface area contributed by atoms with E-state index in [1.165, 1.54) is 0 Å². The van der Waals surface area contributed by atoms with Crippen LogP contribution >= 0.6 is 0 Å². The second-order valence-corrected chi connectivity index (χ2v) is 7.20. The number of aliphatic hydroxyl groups excluding tert-OH is 3. The summed E-state index contributed by atoms with van der Waals surface area (Å²) in [6.07, 6.45) is -4.43. The molecule has 10 heteroatoms. The first-order valence-corrected chi connectivity index (χ1v) is 9.09. The van der Waals surface area contributed by atoms with Gasteiger partial charge in [0, 0.05) is 17.4 Å². The van der Waals surface area contributed by atoms with Gasteiger partial charge in [-0.2, -0.15) is 13.2 Å². The number of Topliss-reactive ketones (excluding diaryl/α,β-unsaturated/α-hetero) is 2. The Hall–Kier alpha value is -2.30. The Balaban J connectivity index is 1.95. The van der Waals surface area contributed by atoms with Crippen molar-refractivity contribution < 1.29 is 42.8 Å². The van der Waals surface area contributed by atoms with Gasteiger partial charge < -0.3 is 20.1 Å². The highest BCUT2D eigenvalue weighted by atomic mass is 19.4. The molecule has 3 rings (SSSR count). The molecule has 1 heterocycles. The lowest BCUT2D eigenvalue weighted by atomic mass is 9.83. The first kappa shape index (κ1) is 21.4. The molecule has 3 unspecified atom stereocenters. The number of ether oxygens (including phenoxy) is 1. The minimum atomic E-state index is -4.76. The largest absolute Gasteiger partial charge is 0.511 e. The van der Waals surface area contributed by atoms with Crippen LogP contribution in [0.3, 0.4) is 0 Å². The quantitative estimate of drug-likeness (QED) is 0.460. The van der Waals surface area contributed by atoms with Crippen molar-refractivity contribution in [1.29, 1.82) is 0 Å². The number of aromatic nitrogens is 1. The summed E-state index contributed by atoms with van der Waals surface area (Å²) in [5.74, 6) is -2.42. The van der Waals surface area contributed by atoms with Gasteiger partial charge in [-0.1, -0.05) is 0 Å². The Kier molecular flexibility index (Phi) is 6.06. The van der Waals surface area contributed by atoms with Crippen LogP contribution in [-0.4, -0.2) is 51.2 Å². The lowest BCUT2D eigenvalue weighted by Crippen LogP contribution is -2.28. The molecular weight excluding hydrogens is 395 g/mol. The lowest BCUT2D eigenvalue weighted by Gasteiger charge is -2.21. The van der Waals surface area contributed by atoms with Crippen molar-refractivity contribution in [3.05, 3.63) is 40.4 Å². The van der Waals surface area contributed by atoms with Gasteiger partial charge in [0.25, 0.3) is 0 Å². The van der Waals surface area contributed by atoms with E-state index < -0.39 is 48.3 Å². The number of allylic oxidation sites excluding steroid dienone is 2. The zero-order valence-electron chi connectivity index (χ0n) is 15.3. The Bertz CT molecular complexity index is 851. The van der Waals surface area contributed by atoms with E-state index in [0.29, 0.717) is 25.3 Å². The molecule has 1 fully saturated rings. The average Bonchev–Trinajstić information content (AvgIpc) is 3.12. The molecule has 7 nitrogen and oxygen atoms in total. The number of nitrogens with zero attached hydrogens (tertiary/aromatic N) is 1. The molecule has 0 aromatic carbocycles. The van der Waals surface area contributed by atoms with Crippen LogP contribution in [0.15, 0.2) is 23.5 Å². The molecule has 2 aliphatic rings. The molecule has 158 valence electrons. The molecule has 2 aliphatic carbocycles. The average molecular weight is 415 g/mol. The van der Waals surface area contributed by atoms with Crippen molar-refractivity contribution in [3.8, 4) is 0 Å². The van der Waals surface area contributed by atoms with Crippen molar-refractivity contribution in [3.63, 3.8) is 0 Å². The Labute approximate surface area is 163 Å². The van der Waals surface area contributed by atoms with E-state index >= 15 is 0 Å². The predicted molar refractivity (Wildman–Crippen MR) is 91.8 cm³/mol. The second-order valence-electron chi connectivity index (χ2n) is 7.20. The molecule has 0 saturated heterocycles. The molecular formula is C19H20F3NO6. The van der Waals surface area contributed by atoms with Crippen LogP contribution in [-0.2, 0) is 22.3 Å². The fourth-order valence-corrected chi connectivity index (χ4v) is 3.69. The molecule has 0 radical (unpaired) electrons. The van der Waals surface area contributed by atoms with Gasteiger partial charge in [0.05, 0.1) is 25.5 Å². The number of pyridine rings is 1. The van der Waals surface area contributed by atoms with Gasteiger partial charge in [-0.15, -0.1) is 0 Å². The molecule has 1 aromatic rings. The van der Waals surface area contributed by atoms with Crippen molar-refractivity contribution in [2.75, 3.05) is 13.2 Å². The van der Waals surface area contributed by atoms with Crippen molar-refractivity contribution in [1.82, 2.24) is 4.98 Å². The van der Waals surface area contributed by atoms with Crippen molar-refractivity contribution >= 4 is 11.6 Å². The number of aliphatic hydroxyl groups is 3. The van der Waals surface area contributed by atoms with Crippen LogP contribution in [0.2, 0.25) is 0 Å². The van der Waals surface area contributed by atoms with Gasteiger partial charge in [-0.25, -0.2) is 4.98 Å². The number of halogens is 3. The summed E-state index contributed by atoms with van der Waals surface area (Å²) in [5.41, 5.74) is -2.31. The van der Waals surface area contributed by atoms with Crippen LogP contribution in [0.25, 0.3) is 0 Å². The maximum Gasteiger partial charge on any atom is 0.433 e. The number of carbonyl (C=O) groups is 2. The number of hydrogen-bond donors (Lipinski definition) is 3. The van der Waals surface area contributed by atoms with Gasteiger partial charge in [-0.3, -0.25) is 9.59 Å². The van der Waals surface area contributed by atoms with E-state index in [9.17, 15) is 33.0 Å². The highest BCUT2D eigenvalue weighted by Crippen LogP contribution is 2.43. The highest BCUT2D eigenvalue weighted by molar-refractivity contribution is 6.28. The van der Waals surface area contributed by atoms with Gasteiger partial charge in [-0.05, 0) is 31.4 Å². The Morgan fingerprint density at radius 3 is 2.62 bits per heavy atom. The first-order valence-electron chi connectivity index (χ1n) is 9.09. The Morgan fingerprint density at radius 2 is 1.97 bits per heavy atom. The molecule has 2 bridgehead atoms. The van der Waals surface area contributed by atoms with Gasteiger partial charge in [0.15, 0.2) is 5.78 Å². The molecule has 0 aliphatic heterocycles. The zero-order valence-corrected chi connectivity index (χ0v) is 15.3. The Morgan fingerprint density at radius 1 is 1.28 bits per heavy atom. The molecule has 29 heavy (non-hydrogen) atoms. The molecule has 3 N–H and O–H groups in total. The van der Waals surface area contributed by atoms with Crippen LogP contribution in [0.1, 0.15) is 41.0 Å². The summed E-state index contributed by atoms with van der Waals surface area (Å²) in [6.45, 7) is -1.56. The van der Waals surface area contributed by atoms with E-state index in [4.69, 9.17) is 9.84 Å². The molecule has 1 saturated carbocycles. The summed E-state index contributed by atoms with van der Waals surface area (Å²) in [6, 6.07) is 1.53. The fraction of sp³-hybridized carbons (Fsp3) is 0.526. The maximum absolute atomic E-state index is 13.0. The monoisotopic (exact) mass is 415 g/mol. The maximum atomic E-state index is 13.0. The van der Waals surface area contributed by atoms with Crippen molar-refractivity contribution in [2.45, 2.75) is 38.1 Å². The van der Waals surface area contributed by atoms with Crippen LogP contribution in [0.5, 0.6) is 0 Å². The lowest BCUT2D eigenvalue weighted by molar-refractivity contribution is -0.141. The van der Waals surface area contributed by atoms with E-state index in [2.05, 4.69) is 4.98 Å². The molecule has 0 amide bonds. The van der Waals surface area contributed by atoms with Crippen LogP contribution in [0, 0.1) is 11.8 Å². The summed E-state index contributed by atoms with van der Waals surface area (Å²) in [7, 11) is 0. The number of fused-ring (bicyclic) bond motifs is 2. The summed E-state index contributed by atoms with van der Waals surface area (Å²) in [4.78, 5) is 29.0. The number of ketones is 2. The second kappa shape index (κ2) is 8.21. The number of hydrogen-bond acceptors (Lipinski definition) is 7. The topological polar surface area (TPSA) is 117 Å². The van der Waals surface area contributed by atoms with E-state index in [1.54, 1.807) is 0 Å². The van der Waals surface area contributed by atoms with E-state index in [0.717, 1.165) is 6.07 Å². The van der Waals surface area contributed by atoms with Crippen LogP contribution < -0.4 is 0 Å². The highest BCUT2D eigenvalue weighted by Gasteiger charge is 2.44. The van der Waals surface area contributed by atoms with Gasteiger partial charge in [0.1, 0.15) is 23.1 Å². The van der Waals surface area contributed by atoms with E-state index in [-0.39, 0.29) is 35.5 Å². The number of rotatable bonds is 7. The normalized spacial score (nSPS) is 22.9. The molecule has 3 atom stereocenters. The van der Waals surface area contributed by atoms with E-state index in [1.807, 2.05) is 0 Å². The van der Waals surface area contributed by atoms with Gasteiger partial charge >= 0.3 is 6.18 Å². The standard InChI is InChI=1S/C19H20F3NO6/c20-19(21,22)14-4-3-12(13(23-14)8-29-7-11(25)6-24)18(28)15-16(26)9-1-2-10(5-9)17(15)27/h3-4,9-11,24-26H,1-2,5-8H2.